The second kappa shape index (κ2) is 4.67. The number of aryl methyl sites for hydroxylation is 1. The topological polar surface area (TPSA) is 63.0 Å². The van der Waals surface area contributed by atoms with Crippen LogP contribution in [0.3, 0.4) is 0 Å². The van der Waals surface area contributed by atoms with E-state index in [0.717, 1.165) is 29.9 Å². The third-order valence-corrected chi connectivity index (χ3v) is 3.58. The second-order valence-electron chi connectivity index (χ2n) is 7.09. The Bertz CT molecular complexity index is 449. The first kappa shape index (κ1) is 14.1. The molecule has 1 aliphatic heterocycles. The normalized spacial score (nSPS) is 22.2. The summed E-state index contributed by atoms with van der Waals surface area (Å²) in [6, 6.07) is 2.36. The van der Waals surface area contributed by atoms with E-state index in [2.05, 4.69) is 43.3 Å². The number of aromatic nitrogens is 1. The lowest BCUT2D eigenvalue weighted by atomic mass is 9.79. The molecule has 0 spiro atoms. The maximum absolute atomic E-state index is 6.03. The average Bonchev–Trinajstić information content (AvgIpc) is 2.17. The van der Waals surface area contributed by atoms with Gasteiger partial charge in [0.15, 0.2) is 0 Å². The molecule has 0 saturated carbocycles. The van der Waals surface area contributed by atoms with Gasteiger partial charge in [-0.1, -0.05) is 0 Å². The molecule has 4 heteroatoms. The summed E-state index contributed by atoms with van der Waals surface area (Å²) in [6.45, 7) is 11.0. The van der Waals surface area contributed by atoms with Crippen LogP contribution in [0.1, 0.15) is 46.1 Å². The van der Waals surface area contributed by atoms with Crippen molar-refractivity contribution in [1.29, 1.82) is 0 Å². The highest BCUT2D eigenvalue weighted by Gasteiger charge is 2.37. The third-order valence-electron chi connectivity index (χ3n) is 3.58. The van der Waals surface area contributed by atoms with Gasteiger partial charge in [-0.3, -0.25) is 0 Å². The number of anilines is 2. The molecule has 2 heterocycles. The number of nitrogens with one attached hydrogen (secondary N) is 2. The van der Waals surface area contributed by atoms with E-state index in [9.17, 15) is 0 Å². The smallest absolute Gasteiger partial charge is 0.149 e. The zero-order valence-electron chi connectivity index (χ0n) is 12.7. The number of nitrogen functional groups attached to an aromatic ring is 1. The monoisotopic (exact) mass is 262 g/mol. The summed E-state index contributed by atoms with van der Waals surface area (Å²) in [5.41, 5.74) is 8.10. The molecule has 0 aromatic carbocycles. The van der Waals surface area contributed by atoms with Crippen LogP contribution in [0.15, 0.2) is 12.3 Å². The van der Waals surface area contributed by atoms with Crippen LogP contribution >= 0.6 is 0 Å². The van der Waals surface area contributed by atoms with E-state index in [0.29, 0.717) is 6.04 Å². The molecule has 1 aliphatic rings. The SMILES string of the molecule is Cc1cnc(NC2CC(C)(C)NC(C)(C)C2)c(N)c1. The molecular formula is C15H26N4. The van der Waals surface area contributed by atoms with E-state index in [1.54, 1.807) is 0 Å². The van der Waals surface area contributed by atoms with Gasteiger partial charge in [0.1, 0.15) is 5.82 Å². The second-order valence-corrected chi connectivity index (χ2v) is 7.09. The van der Waals surface area contributed by atoms with Crippen LogP contribution in [0.2, 0.25) is 0 Å². The lowest BCUT2D eigenvalue weighted by Crippen LogP contribution is -2.60. The molecule has 1 saturated heterocycles. The molecule has 0 unspecified atom stereocenters. The van der Waals surface area contributed by atoms with Crippen LogP contribution in [-0.4, -0.2) is 22.1 Å². The van der Waals surface area contributed by atoms with Gasteiger partial charge in [0.05, 0.1) is 5.69 Å². The summed E-state index contributed by atoms with van der Waals surface area (Å²) >= 11 is 0. The number of piperidine rings is 1. The molecule has 0 aliphatic carbocycles. The van der Waals surface area contributed by atoms with Crippen molar-refractivity contribution in [1.82, 2.24) is 10.3 Å². The number of hydrogen-bond acceptors (Lipinski definition) is 4. The van der Waals surface area contributed by atoms with E-state index in [-0.39, 0.29) is 11.1 Å². The molecule has 0 atom stereocenters. The van der Waals surface area contributed by atoms with E-state index in [4.69, 9.17) is 5.73 Å². The molecule has 19 heavy (non-hydrogen) atoms. The van der Waals surface area contributed by atoms with Gasteiger partial charge >= 0.3 is 0 Å². The number of hydrogen-bond donors (Lipinski definition) is 3. The molecule has 0 amide bonds. The zero-order chi connectivity index (χ0) is 14.3. The Morgan fingerprint density at radius 3 is 2.37 bits per heavy atom. The highest BCUT2D eigenvalue weighted by atomic mass is 15.1. The van der Waals surface area contributed by atoms with Crippen molar-refractivity contribution in [3.05, 3.63) is 17.8 Å². The number of pyridine rings is 1. The third kappa shape index (κ3) is 3.60. The van der Waals surface area contributed by atoms with Crippen molar-refractivity contribution in [3.8, 4) is 0 Å². The Kier molecular flexibility index (Phi) is 3.47. The standard InChI is InChI=1S/C15H26N4/c1-10-6-12(16)13(17-9-10)18-11-7-14(2,3)19-15(4,5)8-11/h6,9,11,19H,7-8,16H2,1-5H3,(H,17,18). The van der Waals surface area contributed by atoms with E-state index >= 15 is 0 Å². The minimum absolute atomic E-state index is 0.124. The fourth-order valence-corrected chi connectivity index (χ4v) is 3.33. The predicted octanol–water partition coefficient (Wildman–Crippen LogP) is 2.69. The first-order chi connectivity index (χ1) is 8.67. The minimum atomic E-state index is 0.124. The quantitative estimate of drug-likeness (QED) is 0.767. The van der Waals surface area contributed by atoms with Crippen LogP contribution in [0.4, 0.5) is 11.5 Å². The Labute approximate surface area is 116 Å². The fourth-order valence-electron chi connectivity index (χ4n) is 3.33. The van der Waals surface area contributed by atoms with E-state index < -0.39 is 0 Å². The molecule has 4 nitrogen and oxygen atoms in total. The van der Waals surface area contributed by atoms with Crippen molar-refractivity contribution in [3.63, 3.8) is 0 Å². The van der Waals surface area contributed by atoms with Gasteiger partial charge in [0, 0.05) is 23.3 Å². The Morgan fingerprint density at radius 1 is 1.26 bits per heavy atom. The summed E-state index contributed by atoms with van der Waals surface area (Å²) in [6.07, 6.45) is 3.98. The first-order valence-electron chi connectivity index (χ1n) is 6.95. The number of rotatable bonds is 2. The van der Waals surface area contributed by atoms with Crippen LogP contribution in [0.25, 0.3) is 0 Å². The van der Waals surface area contributed by atoms with Crippen LogP contribution in [-0.2, 0) is 0 Å². The van der Waals surface area contributed by atoms with Crippen molar-refractivity contribution in [2.45, 2.75) is 64.6 Å². The molecule has 106 valence electrons. The van der Waals surface area contributed by atoms with Gasteiger partial charge in [-0.05, 0) is 59.1 Å². The first-order valence-corrected chi connectivity index (χ1v) is 6.95. The van der Waals surface area contributed by atoms with Crippen molar-refractivity contribution >= 4 is 11.5 Å². The summed E-state index contributed by atoms with van der Waals surface area (Å²) in [5, 5.41) is 7.19. The van der Waals surface area contributed by atoms with E-state index in [1.165, 1.54) is 0 Å². The highest BCUT2D eigenvalue weighted by molar-refractivity contribution is 5.62. The molecule has 2 rings (SSSR count). The van der Waals surface area contributed by atoms with Gasteiger partial charge < -0.3 is 16.4 Å². The minimum Gasteiger partial charge on any atom is -0.396 e. The van der Waals surface area contributed by atoms with Crippen molar-refractivity contribution in [2.24, 2.45) is 0 Å². The average molecular weight is 262 g/mol. The van der Waals surface area contributed by atoms with Crippen LogP contribution < -0.4 is 16.4 Å². The van der Waals surface area contributed by atoms with Gasteiger partial charge in [-0.2, -0.15) is 0 Å². The van der Waals surface area contributed by atoms with Crippen LogP contribution in [0.5, 0.6) is 0 Å². The number of nitrogens with two attached hydrogens (primary N) is 1. The molecule has 1 aromatic rings. The summed E-state index contributed by atoms with van der Waals surface area (Å²) in [7, 11) is 0. The van der Waals surface area contributed by atoms with Gasteiger partial charge in [-0.25, -0.2) is 4.98 Å². The van der Waals surface area contributed by atoms with Crippen LogP contribution in [0, 0.1) is 6.92 Å². The fraction of sp³-hybridized carbons (Fsp3) is 0.667. The predicted molar refractivity (Wildman–Crippen MR) is 81.3 cm³/mol. The highest BCUT2D eigenvalue weighted by Crippen LogP contribution is 2.31. The Hall–Kier alpha value is -1.29. The number of nitrogens with zero attached hydrogens (tertiary/aromatic N) is 1. The Morgan fingerprint density at radius 2 is 1.84 bits per heavy atom. The van der Waals surface area contributed by atoms with Gasteiger partial charge in [-0.15, -0.1) is 0 Å². The summed E-state index contributed by atoms with van der Waals surface area (Å²) in [5.74, 6) is 0.809. The Balaban J connectivity index is 2.14. The summed E-state index contributed by atoms with van der Waals surface area (Å²) < 4.78 is 0. The molecule has 1 aromatic heterocycles. The lowest BCUT2D eigenvalue weighted by Gasteiger charge is -2.46. The maximum atomic E-state index is 6.03. The molecule has 4 N–H and O–H groups in total. The van der Waals surface area contributed by atoms with Crippen molar-refractivity contribution < 1.29 is 0 Å². The molecular weight excluding hydrogens is 236 g/mol. The molecule has 1 fully saturated rings. The maximum Gasteiger partial charge on any atom is 0.149 e. The molecule has 0 radical (unpaired) electrons. The van der Waals surface area contributed by atoms with Crippen molar-refractivity contribution in [2.75, 3.05) is 11.1 Å². The lowest BCUT2D eigenvalue weighted by molar-refractivity contribution is 0.170. The summed E-state index contributed by atoms with van der Waals surface area (Å²) in [4.78, 5) is 4.41. The van der Waals surface area contributed by atoms with Gasteiger partial charge in [0.2, 0.25) is 0 Å². The van der Waals surface area contributed by atoms with E-state index in [1.807, 2.05) is 19.2 Å². The van der Waals surface area contributed by atoms with Gasteiger partial charge in [0.25, 0.3) is 0 Å². The zero-order valence-corrected chi connectivity index (χ0v) is 12.7. The molecule has 0 bridgehead atoms. The largest absolute Gasteiger partial charge is 0.396 e.